The minimum atomic E-state index is 0.291. The van der Waals surface area contributed by atoms with Crippen molar-refractivity contribution in [2.45, 2.75) is 18.9 Å². The molecule has 1 fully saturated rings. The summed E-state index contributed by atoms with van der Waals surface area (Å²) >= 11 is 0. The molecule has 3 rings (SSSR count). The van der Waals surface area contributed by atoms with Crippen molar-refractivity contribution in [2.24, 2.45) is 5.92 Å². The quantitative estimate of drug-likeness (QED) is 0.880. The molecule has 1 N–H and O–H groups in total. The average Bonchev–Trinajstić information content (AvgIpc) is 3.09. The molecule has 1 aliphatic heterocycles. The molecule has 0 aromatic heterocycles. The van der Waals surface area contributed by atoms with Gasteiger partial charge >= 0.3 is 0 Å². The molecule has 0 amide bonds. The maximum atomic E-state index is 5.50. The van der Waals surface area contributed by atoms with Crippen molar-refractivity contribution in [1.82, 2.24) is 5.32 Å². The second-order valence-corrected chi connectivity index (χ2v) is 6.13. The van der Waals surface area contributed by atoms with Crippen molar-refractivity contribution in [2.75, 3.05) is 27.9 Å². The van der Waals surface area contributed by atoms with Crippen LogP contribution in [0.2, 0.25) is 0 Å². The van der Waals surface area contributed by atoms with E-state index in [9.17, 15) is 0 Å². The molecule has 4 heteroatoms. The van der Waals surface area contributed by atoms with E-state index in [1.807, 2.05) is 0 Å². The van der Waals surface area contributed by atoms with Gasteiger partial charge in [-0.1, -0.05) is 30.3 Å². The van der Waals surface area contributed by atoms with Gasteiger partial charge in [0.25, 0.3) is 0 Å². The molecular weight excluding hydrogens is 302 g/mol. The molecule has 0 saturated carbocycles. The fourth-order valence-corrected chi connectivity index (χ4v) is 3.57. The van der Waals surface area contributed by atoms with E-state index in [0.717, 1.165) is 19.4 Å². The van der Waals surface area contributed by atoms with Crippen LogP contribution in [0.5, 0.6) is 17.2 Å². The van der Waals surface area contributed by atoms with Gasteiger partial charge in [-0.3, -0.25) is 0 Å². The van der Waals surface area contributed by atoms with E-state index in [1.165, 1.54) is 11.1 Å². The van der Waals surface area contributed by atoms with E-state index < -0.39 is 0 Å². The highest BCUT2D eigenvalue weighted by molar-refractivity contribution is 5.54. The van der Waals surface area contributed by atoms with Crippen LogP contribution in [0.15, 0.2) is 42.5 Å². The first-order chi connectivity index (χ1) is 11.8. The van der Waals surface area contributed by atoms with Crippen molar-refractivity contribution < 1.29 is 14.2 Å². The lowest BCUT2D eigenvalue weighted by Gasteiger charge is -2.22. The van der Waals surface area contributed by atoms with E-state index in [4.69, 9.17) is 14.2 Å². The molecule has 2 aromatic rings. The predicted molar refractivity (Wildman–Crippen MR) is 95.1 cm³/mol. The van der Waals surface area contributed by atoms with E-state index >= 15 is 0 Å². The molecule has 128 valence electrons. The Kier molecular flexibility index (Phi) is 5.26. The van der Waals surface area contributed by atoms with Crippen LogP contribution >= 0.6 is 0 Å². The maximum Gasteiger partial charge on any atom is 0.203 e. The van der Waals surface area contributed by atoms with Crippen molar-refractivity contribution in [1.29, 1.82) is 0 Å². The smallest absolute Gasteiger partial charge is 0.203 e. The van der Waals surface area contributed by atoms with Gasteiger partial charge < -0.3 is 19.5 Å². The fourth-order valence-electron chi connectivity index (χ4n) is 3.57. The Morgan fingerprint density at radius 1 is 0.958 bits per heavy atom. The van der Waals surface area contributed by atoms with Crippen LogP contribution in [0.3, 0.4) is 0 Å². The Hall–Kier alpha value is -2.20. The van der Waals surface area contributed by atoms with Gasteiger partial charge in [0.2, 0.25) is 5.75 Å². The molecule has 2 atom stereocenters. The zero-order valence-electron chi connectivity index (χ0n) is 14.5. The van der Waals surface area contributed by atoms with Crippen molar-refractivity contribution in [3.05, 3.63) is 53.6 Å². The summed E-state index contributed by atoms with van der Waals surface area (Å²) in [5.41, 5.74) is 2.56. The largest absolute Gasteiger partial charge is 0.493 e. The Balaban J connectivity index is 1.89. The van der Waals surface area contributed by atoms with Crippen molar-refractivity contribution >= 4 is 0 Å². The van der Waals surface area contributed by atoms with Gasteiger partial charge in [0.05, 0.1) is 21.3 Å². The molecule has 2 unspecified atom stereocenters. The lowest BCUT2D eigenvalue weighted by Crippen LogP contribution is -2.19. The van der Waals surface area contributed by atoms with Gasteiger partial charge in [-0.2, -0.15) is 0 Å². The molecule has 24 heavy (non-hydrogen) atoms. The highest BCUT2D eigenvalue weighted by Gasteiger charge is 2.30. The summed E-state index contributed by atoms with van der Waals surface area (Å²) in [6, 6.07) is 15.1. The van der Waals surface area contributed by atoms with Gasteiger partial charge in [-0.15, -0.1) is 0 Å². The molecule has 0 bridgehead atoms. The Morgan fingerprint density at radius 2 is 1.62 bits per heavy atom. The van der Waals surface area contributed by atoms with E-state index in [1.54, 1.807) is 21.3 Å². The Morgan fingerprint density at radius 3 is 2.21 bits per heavy atom. The van der Waals surface area contributed by atoms with Gasteiger partial charge in [0.15, 0.2) is 11.5 Å². The van der Waals surface area contributed by atoms with Crippen LogP contribution in [0, 0.1) is 5.92 Å². The molecular formula is C20H25NO3. The highest BCUT2D eigenvalue weighted by Crippen LogP contribution is 2.42. The molecule has 2 aromatic carbocycles. The van der Waals surface area contributed by atoms with E-state index in [0.29, 0.717) is 29.2 Å². The van der Waals surface area contributed by atoms with Crippen LogP contribution < -0.4 is 19.5 Å². The summed E-state index contributed by atoms with van der Waals surface area (Å²) in [6.07, 6.45) is 2.23. The molecule has 1 heterocycles. The van der Waals surface area contributed by atoms with Crippen LogP contribution in [-0.4, -0.2) is 27.9 Å². The fraction of sp³-hybridized carbons (Fsp3) is 0.400. The lowest BCUT2D eigenvalue weighted by molar-refractivity contribution is 0.322. The molecule has 0 aliphatic carbocycles. The summed E-state index contributed by atoms with van der Waals surface area (Å²) in [4.78, 5) is 0. The third kappa shape index (κ3) is 3.34. The van der Waals surface area contributed by atoms with Crippen LogP contribution in [0.25, 0.3) is 0 Å². The second kappa shape index (κ2) is 7.58. The van der Waals surface area contributed by atoms with Gasteiger partial charge in [-0.25, -0.2) is 0 Å². The highest BCUT2D eigenvalue weighted by atomic mass is 16.5. The van der Waals surface area contributed by atoms with Gasteiger partial charge in [-0.05, 0) is 48.6 Å². The number of ether oxygens (including phenoxy) is 3. The predicted octanol–water partition coefficient (Wildman–Crippen LogP) is 3.61. The number of hydrogen-bond acceptors (Lipinski definition) is 4. The lowest BCUT2D eigenvalue weighted by atomic mass is 9.88. The normalized spacial score (nSPS) is 20.0. The summed E-state index contributed by atoms with van der Waals surface area (Å²) in [7, 11) is 4.95. The Bertz CT molecular complexity index is 647. The summed E-state index contributed by atoms with van der Waals surface area (Å²) in [6.45, 7) is 1.03. The topological polar surface area (TPSA) is 39.7 Å². The molecule has 0 radical (unpaired) electrons. The van der Waals surface area contributed by atoms with Gasteiger partial charge in [0.1, 0.15) is 0 Å². The van der Waals surface area contributed by atoms with Crippen LogP contribution in [0.1, 0.15) is 23.6 Å². The third-order valence-corrected chi connectivity index (χ3v) is 4.74. The standard InChI is InChI=1S/C20H25NO3/c1-22-17-12-16(13-18(23-2)20(17)24-3)19-15(9-10-21-19)11-14-7-5-4-6-8-14/h4-8,12-13,15,19,21H,9-11H2,1-3H3. The molecule has 1 aliphatic rings. The number of benzene rings is 2. The van der Waals surface area contributed by atoms with Crippen molar-refractivity contribution in [3.8, 4) is 17.2 Å². The first-order valence-corrected chi connectivity index (χ1v) is 8.34. The summed E-state index contributed by atoms with van der Waals surface area (Å²) in [5, 5.41) is 3.63. The first-order valence-electron chi connectivity index (χ1n) is 8.34. The minimum absolute atomic E-state index is 0.291. The maximum absolute atomic E-state index is 5.50. The van der Waals surface area contributed by atoms with Gasteiger partial charge in [0, 0.05) is 6.04 Å². The second-order valence-electron chi connectivity index (χ2n) is 6.13. The molecule has 4 nitrogen and oxygen atoms in total. The Labute approximate surface area is 143 Å². The SMILES string of the molecule is COc1cc(C2NCCC2Cc2ccccc2)cc(OC)c1OC. The minimum Gasteiger partial charge on any atom is -0.493 e. The zero-order chi connectivity index (χ0) is 16.9. The van der Waals surface area contributed by atoms with Crippen molar-refractivity contribution in [3.63, 3.8) is 0 Å². The molecule has 1 saturated heterocycles. The van der Waals surface area contributed by atoms with E-state index in [-0.39, 0.29) is 0 Å². The zero-order valence-corrected chi connectivity index (χ0v) is 14.5. The number of nitrogens with one attached hydrogen (secondary N) is 1. The molecule has 0 spiro atoms. The third-order valence-electron chi connectivity index (χ3n) is 4.74. The van der Waals surface area contributed by atoms with Crippen LogP contribution in [0.4, 0.5) is 0 Å². The monoisotopic (exact) mass is 327 g/mol. The number of hydrogen-bond donors (Lipinski definition) is 1. The number of rotatable bonds is 6. The number of methoxy groups -OCH3 is 3. The summed E-state index contributed by atoms with van der Waals surface area (Å²) in [5.74, 6) is 2.61. The average molecular weight is 327 g/mol. The summed E-state index contributed by atoms with van der Waals surface area (Å²) < 4.78 is 16.4. The van der Waals surface area contributed by atoms with E-state index in [2.05, 4.69) is 47.8 Å². The first kappa shape index (κ1) is 16.7. The van der Waals surface area contributed by atoms with Crippen LogP contribution in [-0.2, 0) is 6.42 Å².